The minimum atomic E-state index is -0.848. The van der Waals surface area contributed by atoms with Crippen molar-refractivity contribution in [2.75, 3.05) is 31.6 Å². The Hall–Kier alpha value is -3.00. The number of hydrogen-bond donors (Lipinski definition) is 1. The zero-order valence-electron chi connectivity index (χ0n) is 17.4. The van der Waals surface area contributed by atoms with Crippen LogP contribution in [0.3, 0.4) is 0 Å². The zero-order chi connectivity index (χ0) is 21.8. The van der Waals surface area contributed by atoms with Gasteiger partial charge in [0.1, 0.15) is 12.3 Å². The van der Waals surface area contributed by atoms with Crippen LogP contribution in [0, 0.1) is 0 Å². The highest BCUT2D eigenvalue weighted by Crippen LogP contribution is 2.39. The maximum atomic E-state index is 13.2. The molecule has 162 valence electrons. The minimum absolute atomic E-state index is 0.135. The SMILES string of the molecule is COc1cccc(CNC(=O)CN2C(=O)[C@@H](C(=O)N3CCCC3)Sc3ccccc32)c1. The summed E-state index contributed by atoms with van der Waals surface area (Å²) in [6.07, 6.45) is 1.93. The van der Waals surface area contributed by atoms with Crippen LogP contribution in [0.1, 0.15) is 18.4 Å². The van der Waals surface area contributed by atoms with E-state index in [1.54, 1.807) is 12.0 Å². The van der Waals surface area contributed by atoms with Crippen LogP contribution in [0.5, 0.6) is 5.75 Å². The summed E-state index contributed by atoms with van der Waals surface area (Å²) in [7, 11) is 1.59. The maximum absolute atomic E-state index is 13.2. The van der Waals surface area contributed by atoms with Crippen molar-refractivity contribution in [3.05, 3.63) is 54.1 Å². The summed E-state index contributed by atoms with van der Waals surface area (Å²) >= 11 is 1.28. The lowest BCUT2D eigenvalue weighted by Crippen LogP contribution is -2.51. The third kappa shape index (κ3) is 4.69. The summed E-state index contributed by atoms with van der Waals surface area (Å²) in [5.41, 5.74) is 1.57. The molecule has 0 aromatic heterocycles. The lowest BCUT2D eigenvalue weighted by Gasteiger charge is -2.34. The van der Waals surface area contributed by atoms with E-state index in [1.165, 1.54) is 16.7 Å². The first-order valence-electron chi connectivity index (χ1n) is 10.3. The van der Waals surface area contributed by atoms with Gasteiger partial charge in [0.25, 0.3) is 5.91 Å². The van der Waals surface area contributed by atoms with Gasteiger partial charge in [-0.15, -0.1) is 11.8 Å². The predicted octanol–water partition coefficient (Wildman–Crippen LogP) is 2.44. The molecule has 8 heteroatoms. The number of nitrogens with one attached hydrogen (secondary N) is 1. The van der Waals surface area contributed by atoms with E-state index in [0.29, 0.717) is 31.1 Å². The molecule has 1 atom stereocenters. The van der Waals surface area contributed by atoms with Gasteiger partial charge in [0.05, 0.1) is 12.8 Å². The average Bonchev–Trinajstić information content (AvgIpc) is 3.34. The molecule has 0 radical (unpaired) electrons. The second-order valence-electron chi connectivity index (χ2n) is 7.55. The first kappa shape index (κ1) is 21.2. The number of benzene rings is 2. The standard InChI is InChI=1S/C23H25N3O4S/c1-30-17-8-6-7-16(13-17)14-24-20(27)15-26-18-9-2-3-10-19(18)31-21(23(26)29)22(28)25-11-4-5-12-25/h2-3,6-10,13,21H,4-5,11-12,14-15H2,1H3,(H,24,27)/t21-/m1/s1. The molecule has 31 heavy (non-hydrogen) atoms. The third-order valence-electron chi connectivity index (χ3n) is 5.46. The van der Waals surface area contributed by atoms with Gasteiger partial charge in [-0.05, 0) is 42.7 Å². The number of likely N-dealkylation sites (tertiary alicyclic amines) is 1. The number of carbonyl (C=O) groups excluding carboxylic acids is 3. The lowest BCUT2D eigenvalue weighted by molar-refractivity contribution is -0.134. The molecule has 7 nitrogen and oxygen atoms in total. The van der Waals surface area contributed by atoms with Gasteiger partial charge in [-0.2, -0.15) is 0 Å². The number of nitrogens with zero attached hydrogens (tertiary/aromatic N) is 2. The van der Waals surface area contributed by atoms with Gasteiger partial charge in [-0.1, -0.05) is 24.3 Å². The molecule has 2 aromatic rings. The number of amides is 3. The van der Waals surface area contributed by atoms with E-state index in [9.17, 15) is 14.4 Å². The fourth-order valence-corrected chi connectivity index (χ4v) is 5.01. The number of rotatable bonds is 6. The van der Waals surface area contributed by atoms with E-state index >= 15 is 0 Å². The Morgan fingerprint density at radius 2 is 1.90 bits per heavy atom. The fourth-order valence-electron chi connectivity index (χ4n) is 3.82. The van der Waals surface area contributed by atoms with Crippen LogP contribution in [0.15, 0.2) is 53.4 Å². The molecule has 2 aliphatic heterocycles. The number of carbonyl (C=O) groups is 3. The molecule has 3 amide bonds. The number of para-hydroxylation sites is 1. The summed E-state index contributed by atoms with van der Waals surface area (Å²) in [4.78, 5) is 42.9. The Labute approximate surface area is 185 Å². The molecule has 0 unspecified atom stereocenters. The van der Waals surface area contributed by atoms with Crippen molar-refractivity contribution < 1.29 is 19.1 Å². The second kappa shape index (κ2) is 9.43. The lowest BCUT2D eigenvalue weighted by atomic mass is 10.2. The van der Waals surface area contributed by atoms with E-state index in [1.807, 2.05) is 48.5 Å². The smallest absolute Gasteiger partial charge is 0.250 e. The summed E-state index contributed by atoms with van der Waals surface area (Å²) in [5.74, 6) is -0.0710. The van der Waals surface area contributed by atoms with Gasteiger partial charge in [0.2, 0.25) is 11.8 Å². The average molecular weight is 440 g/mol. The van der Waals surface area contributed by atoms with Crippen LogP contribution in [0.4, 0.5) is 5.69 Å². The highest BCUT2D eigenvalue weighted by molar-refractivity contribution is 8.01. The Bertz CT molecular complexity index is 990. The topological polar surface area (TPSA) is 79.0 Å². The summed E-state index contributed by atoms with van der Waals surface area (Å²) in [6, 6.07) is 14.8. The molecular weight excluding hydrogens is 414 g/mol. The summed E-state index contributed by atoms with van der Waals surface area (Å²) < 4.78 is 5.21. The highest BCUT2D eigenvalue weighted by atomic mass is 32.2. The molecule has 2 aromatic carbocycles. The molecule has 0 spiro atoms. The summed E-state index contributed by atoms with van der Waals surface area (Å²) in [5, 5.41) is 2.01. The zero-order valence-corrected chi connectivity index (χ0v) is 18.2. The molecular formula is C23H25N3O4S. The normalized spacial score (nSPS) is 18.0. The molecule has 0 bridgehead atoms. The molecule has 2 aliphatic rings. The Morgan fingerprint density at radius 3 is 2.68 bits per heavy atom. The summed E-state index contributed by atoms with van der Waals surface area (Å²) in [6.45, 7) is 1.56. The van der Waals surface area contributed by atoms with Crippen LogP contribution < -0.4 is 15.0 Å². The number of ether oxygens (including phenoxy) is 1. The number of fused-ring (bicyclic) bond motifs is 1. The molecule has 1 saturated heterocycles. The van der Waals surface area contributed by atoms with E-state index in [0.717, 1.165) is 23.3 Å². The van der Waals surface area contributed by atoms with Gasteiger partial charge < -0.3 is 19.9 Å². The van der Waals surface area contributed by atoms with Gasteiger partial charge in [0.15, 0.2) is 5.25 Å². The van der Waals surface area contributed by atoms with E-state index in [4.69, 9.17) is 4.74 Å². The van der Waals surface area contributed by atoms with Crippen LogP contribution >= 0.6 is 11.8 Å². The van der Waals surface area contributed by atoms with Gasteiger partial charge in [-0.3, -0.25) is 14.4 Å². The van der Waals surface area contributed by atoms with Gasteiger partial charge in [0, 0.05) is 24.5 Å². The fraction of sp³-hybridized carbons (Fsp3) is 0.348. The molecule has 0 saturated carbocycles. The second-order valence-corrected chi connectivity index (χ2v) is 8.70. The van der Waals surface area contributed by atoms with Crippen molar-refractivity contribution >= 4 is 35.2 Å². The highest BCUT2D eigenvalue weighted by Gasteiger charge is 2.41. The van der Waals surface area contributed by atoms with Crippen molar-refractivity contribution in [2.45, 2.75) is 29.5 Å². The molecule has 0 aliphatic carbocycles. The van der Waals surface area contributed by atoms with E-state index in [-0.39, 0.29) is 24.3 Å². The Morgan fingerprint density at radius 1 is 1.13 bits per heavy atom. The number of hydrogen-bond acceptors (Lipinski definition) is 5. The predicted molar refractivity (Wildman–Crippen MR) is 119 cm³/mol. The van der Waals surface area contributed by atoms with Gasteiger partial charge >= 0.3 is 0 Å². The maximum Gasteiger partial charge on any atom is 0.250 e. The largest absolute Gasteiger partial charge is 0.497 e. The number of methoxy groups -OCH3 is 1. The monoisotopic (exact) mass is 439 g/mol. The first-order chi connectivity index (χ1) is 15.1. The van der Waals surface area contributed by atoms with Crippen LogP contribution in [0.25, 0.3) is 0 Å². The molecule has 1 N–H and O–H groups in total. The van der Waals surface area contributed by atoms with E-state index < -0.39 is 5.25 Å². The first-order valence-corrected chi connectivity index (χ1v) is 11.2. The molecule has 1 fully saturated rings. The third-order valence-corrected chi connectivity index (χ3v) is 6.70. The Kier molecular flexibility index (Phi) is 6.46. The number of thioether (sulfide) groups is 1. The van der Waals surface area contributed by atoms with Crippen molar-refractivity contribution in [1.82, 2.24) is 10.2 Å². The van der Waals surface area contributed by atoms with Crippen LogP contribution in [-0.4, -0.2) is 54.6 Å². The van der Waals surface area contributed by atoms with Gasteiger partial charge in [-0.25, -0.2) is 0 Å². The number of anilines is 1. The van der Waals surface area contributed by atoms with Crippen LogP contribution in [-0.2, 0) is 20.9 Å². The molecule has 2 heterocycles. The molecule has 4 rings (SSSR count). The Balaban J connectivity index is 1.48. The van der Waals surface area contributed by atoms with Crippen molar-refractivity contribution in [2.24, 2.45) is 0 Å². The minimum Gasteiger partial charge on any atom is -0.497 e. The van der Waals surface area contributed by atoms with Crippen molar-refractivity contribution in [3.8, 4) is 5.75 Å². The van der Waals surface area contributed by atoms with Crippen molar-refractivity contribution in [3.63, 3.8) is 0 Å². The van der Waals surface area contributed by atoms with Crippen LogP contribution in [0.2, 0.25) is 0 Å². The van der Waals surface area contributed by atoms with Crippen molar-refractivity contribution in [1.29, 1.82) is 0 Å². The quantitative estimate of drug-likeness (QED) is 0.700. The van der Waals surface area contributed by atoms with E-state index in [2.05, 4.69) is 5.32 Å².